The third-order valence-corrected chi connectivity index (χ3v) is 4.69. The molecule has 0 saturated carbocycles. The zero-order valence-electron chi connectivity index (χ0n) is 15.5. The van der Waals surface area contributed by atoms with Gasteiger partial charge in [0.25, 0.3) is 5.56 Å². The van der Waals surface area contributed by atoms with E-state index in [1.807, 2.05) is 38.1 Å². The Bertz CT molecular complexity index is 1290. The van der Waals surface area contributed by atoms with Gasteiger partial charge in [0.2, 0.25) is 0 Å². The van der Waals surface area contributed by atoms with Crippen LogP contribution in [0.15, 0.2) is 70.3 Å². The van der Waals surface area contributed by atoms with Crippen LogP contribution >= 0.6 is 0 Å². The van der Waals surface area contributed by atoms with Crippen molar-refractivity contribution in [3.8, 4) is 5.69 Å². The Morgan fingerprint density at radius 3 is 2.32 bits per heavy atom. The largest absolute Gasteiger partial charge is 0.337 e. The fourth-order valence-electron chi connectivity index (χ4n) is 3.40. The Morgan fingerprint density at radius 2 is 1.64 bits per heavy atom. The molecule has 0 N–H and O–H groups in total. The number of aryl methyl sites for hydroxylation is 2. The van der Waals surface area contributed by atoms with Crippen LogP contribution in [0, 0.1) is 19.7 Å². The molecule has 0 unspecified atom stereocenters. The van der Waals surface area contributed by atoms with E-state index in [9.17, 15) is 14.0 Å². The summed E-state index contributed by atoms with van der Waals surface area (Å²) in [6.07, 6.45) is 0. The standard InChI is InChI=1S/C22H18FN3O2/c1-14-12-15(2)24-20-19(14)21(27)25(13-16-8-10-17(23)11-9-16)22(28)26(20)18-6-4-3-5-7-18/h3-12H,13H2,1-2H3. The Balaban J connectivity index is 2.07. The molecule has 0 spiro atoms. The molecule has 5 nitrogen and oxygen atoms in total. The number of rotatable bonds is 3. The molecule has 0 aliphatic heterocycles. The van der Waals surface area contributed by atoms with Gasteiger partial charge in [-0.1, -0.05) is 30.3 Å². The average Bonchev–Trinajstić information content (AvgIpc) is 2.67. The number of para-hydroxylation sites is 1. The number of hydrogen-bond acceptors (Lipinski definition) is 3. The summed E-state index contributed by atoms with van der Waals surface area (Å²) in [7, 11) is 0. The molecule has 4 aromatic rings. The number of halogens is 1. The highest BCUT2D eigenvalue weighted by atomic mass is 19.1. The molecular formula is C22H18FN3O2. The molecule has 0 aliphatic carbocycles. The molecule has 2 heterocycles. The van der Waals surface area contributed by atoms with Crippen molar-refractivity contribution in [1.29, 1.82) is 0 Å². The lowest BCUT2D eigenvalue weighted by Gasteiger charge is -2.15. The highest BCUT2D eigenvalue weighted by molar-refractivity contribution is 5.79. The lowest BCUT2D eigenvalue weighted by atomic mass is 10.1. The lowest BCUT2D eigenvalue weighted by molar-refractivity contribution is 0.624. The smallest absolute Gasteiger partial charge is 0.268 e. The molecule has 28 heavy (non-hydrogen) atoms. The van der Waals surface area contributed by atoms with E-state index in [0.29, 0.717) is 22.3 Å². The maximum atomic E-state index is 13.3. The third kappa shape index (κ3) is 3.03. The molecule has 4 rings (SSSR count). The van der Waals surface area contributed by atoms with Gasteiger partial charge in [-0.25, -0.2) is 18.7 Å². The second kappa shape index (κ2) is 6.88. The molecule has 0 bridgehead atoms. The first-order valence-corrected chi connectivity index (χ1v) is 8.89. The molecule has 0 saturated heterocycles. The van der Waals surface area contributed by atoms with E-state index in [2.05, 4.69) is 4.98 Å². The molecule has 0 fully saturated rings. The number of pyridine rings is 1. The maximum Gasteiger partial charge on any atom is 0.337 e. The summed E-state index contributed by atoms with van der Waals surface area (Å²) in [6.45, 7) is 3.71. The predicted molar refractivity (Wildman–Crippen MR) is 107 cm³/mol. The molecule has 0 radical (unpaired) electrons. The van der Waals surface area contributed by atoms with Crippen LogP contribution in [0.1, 0.15) is 16.8 Å². The van der Waals surface area contributed by atoms with Crippen LogP contribution in [0.3, 0.4) is 0 Å². The number of aromatic nitrogens is 3. The van der Waals surface area contributed by atoms with Gasteiger partial charge in [-0.05, 0) is 55.3 Å². The third-order valence-electron chi connectivity index (χ3n) is 4.69. The molecule has 0 aliphatic rings. The minimum absolute atomic E-state index is 0.0496. The van der Waals surface area contributed by atoms with Crippen LogP contribution in [0.2, 0.25) is 0 Å². The minimum atomic E-state index is -0.481. The van der Waals surface area contributed by atoms with Gasteiger partial charge in [-0.3, -0.25) is 9.36 Å². The van der Waals surface area contributed by atoms with Gasteiger partial charge in [0.1, 0.15) is 5.82 Å². The summed E-state index contributed by atoms with van der Waals surface area (Å²) in [4.78, 5) is 31.0. The van der Waals surface area contributed by atoms with Gasteiger partial charge in [0.15, 0.2) is 5.65 Å². The van der Waals surface area contributed by atoms with Gasteiger partial charge in [-0.2, -0.15) is 0 Å². The monoisotopic (exact) mass is 375 g/mol. The van der Waals surface area contributed by atoms with Crippen molar-refractivity contribution in [3.63, 3.8) is 0 Å². The summed E-state index contributed by atoms with van der Waals surface area (Å²) < 4.78 is 15.9. The number of nitrogens with zero attached hydrogens (tertiary/aromatic N) is 3. The Hall–Kier alpha value is -3.54. The van der Waals surface area contributed by atoms with Gasteiger partial charge in [0, 0.05) is 5.69 Å². The zero-order valence-corrected chi connectivity index (χ0v) is 15.5. The van der Waals surface area contributed by atoms with Crippen molar-refractivity contribution in [3.05, 3.63) is 104 Å². The van der Waals surface area contributed by atoms with E-state index in [0.717, 1.165) is 11.3 Å². The van der Waals surface area contributed by atoms with Crippen LogP contribution in [0.25, 0.3) is 16.7 Å². The Morgan fingerprint density at radius 1 is 0.964 bits per heavy atom. The minimum Gasteiger partial charge on any atom is -0.268 e. The quantitative estimate of drug-likeness (QED) is 0.552. The van der Waals surface area contributed by atoms with Crippen LogP contribution in [-0.4, -0.2) is 14.1 Å². The van der Waals surface area contributed by atoms with E-state index < -0.39 is 11.2 Å². The first kappa shape index (κ1) is 17.9. The SMILES string of the molecule is Cc1cc(C)c2c(=O)n(Cc3ccc(F)cc3)c(=O)n(-c3ccccc3)c2n1. The lowest BCUT2D eigenvalue weighted by Crippen LogP contribution is -2.40. The molecule has 0 amide bonds. The Kier molecular flexibility index (Phi) is 4.39. The highest BCUT2D eigenvalue weighted by Crippen LogP contribution is 2.17. The van der Waals surface area contributed by atoms with E-state index in [1.165, 1.54) is 21.3 Å². The average molecular weight is 375 g/mol. The van der Waals surface area contributed by atoms with Crippen LogP contribution in [-0.2, 0) is 6.54 Å². The van der Waals surface area contributed by atoms with E-state index in [4.69, 9.17) is 0 Å². The highest BCUT2D eigenvalue weighted by Gasteiger charge is 2.18. The number of benzene rings is 2. The number of hydrogen-bond donors (Lipinski definition) is 0. The van der Waals surface area contributed by atoms with Crippen molar-refractivity contribution < 1.29 is 4.39 Å². The van der Waals surface area contributed by atoms with Crippen LogP contribution in [0.4, 0.5) is 4.39 Å². The summed E-state index contributed by atoms with van der Waals surface area (Å²) in [5.41, 5.74) is 2.23. The van der Waals surface area contributed by atoms with Gasteiger partial charge in [0.05, 0.1) is 17.6 Å². The van der Waals surface area contributed by atoms with Crippen molar-refractivity contribution in [2.45, 2.75) is 20.4 Å². The molecule has 0 atom stereocenters. The Labute approximate surface area is 160 Å². The van der Waals surface area contributed by atoms with E-state index in [1.54, 1.807) is 24.3 Å². The molecular weight excluding hydrogens is 357 g/mol. The fourth-order valence-corrected chi connectivity index (χ4v) is 3.40. The topological polar surface area (TPSA) is 56.9 Å². The van der Waals surface area contributed by atoms with Gasteiger partial charge >= 0.3 is 5.69 Å². The van der Waals surface area contributed by atoms with E-state index in [-0.39, 0.29) is 12.4 Å². The normalized spacial score (nSPS) is 11.1. The second-order valence-electron chi connectivity index (χ2n) is 6.75. The van der Waals surface area contributed by atoms with Gasteiger partial charge < -0.3 is 0 Å². The van der Waals surface area contributed by atoms with Crippen molar-refractivity contribution in [1.82, 2.24) is 14.1 Å². The summed E-state index contributed by atoms with van der Waals surface area (Å²) in [5, 5.41) is 0.399. The van der Waals surface area contributed by atoms with Crippen LogP contribution in [0.5, 0.6) is 0 Å². The molecule has 140 valence electrons. The molecule has 2 aromatic carbocycles. The maximum absolute atomic E-state index is 13.3. The summed E-state index contributed by atoms with van der Waals surface area (Å²) >= 11 is 0. The van der Waals surface area contributed by atoms with E-state index >= 15 is 0 Å². The van der Waals surface area contributed by atoms with Gasteiger partial charge in [-0.15, -0.1) is 0 Å². The van der Waals surface area contributed by atoms with Crippen molar-refractivity contribution in [2.24, 2.45) is 0 Å². The van der Waals surface area contributed by atoms with Crippen LogP contribution < -0.4 is 11.2 Å². The predicted octanol–water partition coefficient (Wildman–Crippen LogP) is 3.35. The number of fused-ring (bicyclic) bond motifs is 1. The first-order chi connectivity index (χ1) is 13.5. The fraction of sp³-hybridized carbons (Fsp3) is 0.136. The molecule has 2 aromatic heterocycles. The summed E-state index contributed by atoms with van der Waals surface area (Å²) in [6, 6.07) is 16.7. The second-order valence-corrected chi connectivity index (χ2v) is 6.75. The first-order valence-electron chi connectivity index (χ1n) is 8.89. The van der Waals surface area contributed by atoms with Crippen molar-refractivity contribution >= 4 is 11.0 Å². The zero-order chi connectivity index (χ0) is 19.8. The summed E-state index contributed by atoms with van der Waals surface area (Å²) in [5.74, 6) is -0.369. The molecule has 6 heteroatoms. The van der Waals surface area contributed by atoms with Crippen molar-refractivity contribution in [2.75, 3.05) is 0 Å².